The Kier molecular flexibility index (Phi) is 5.26. The van der Waals surface area contributed by atoms with Crippen LogP contribution < -0.4 is 5.32 Å². The average molecular weight is 347 g/mol. The second-order valence-electron chi connectivity index (χ2n) is 4.45. The monoisotopic (exact) mass is 346 g/mol. The van der Waals surface area contributed by atoms with Gasteiger partial charge in [-0.05, 0) is 41.0 Å². The van der Waals surface area contributed by atoms with Crippen molar-refractivity contribution in [2.24, 2.45) is 5.11 Å². The van der Waals surface area contributed by atoms with Gasteiger partial charge in [-0.25, -0.2) is 4.39 Å². The molecule has 0 aliphatic heterocycles. The molecule has 0 saturated heterocycles. The summed E-state index contributed by atoms with van der Waals surface area (Å²) in [7, 11) is 0. The van der Waals surface area contributed by atoms with Gasteiger partial charge in [0.2, 0.25) is 0 Å². The van der Waals surface area contributed by atoms with Crippen LogP contribution >= 0.6 is 11.6 Å². The van der Waals surface area contributed by atoms with Crippen molar-refractivity contribution in [1.82, 2.24) is 0 Å². The molecule has 0 bridgehead atoms. The first-order chi connectivity index (χ1) is 11.4. The third-order valence-electron chi connectivity index (χ3n) is 2.92. The molecule has 9 heteroatoms. The van der Waals surface area contributed by atoms with Crippen molar-refractivity contribution in [3.05, 3.63) is 74.9 Å². The number of carbonyl (C=O) groups excluding carboxylic acids is 3. The second kappa shape index (κ2) is 7.36. The van der Waals surface area contributed by atoms with Gasteiger partial charge in [-0.3, -0.25) is 14.4 Å². The summed E-state index contributed by atoms with van der Waals surface area (Å²) >= 11 is 5.84. The van der Waals surface area contributed by atoms with Gasteiger partial charge in [0, 0.05) is 15.5 Å². The molecule has 0 unspecified atom stereocenters. The van der Waals surface area contributed by atoms with E-state index in [0.29, 0.717) is 0 Å². The van der Waals surface area contributed by atoms with E-state index < -0.39 is 23.4 Å². The van der Waals surface area contributed by atoms with Gasteiger partial charge in [0.1, 0.15) is 5.82 Å². The van der Waals surface area contributed by atoms with Crippen molar-refractivity contribution in [3.63, 3.8) is 0 Å². The van der Waals surface area contributed by atoms with Crippen LogP contribution in [0.5, 0.6) is 0 Å². The molecule has 0 heterocycles. The van der Waals surface area contributed by atoms with Crippen molar-refractivity contribution >= 4 is 34.9 Å². The number of hydrogen-bond acceptors (Lipinski definition) is 3. The summed E-state index contributed by atoms with van der Waals surface area (Å²) in [5.41, 5.74) is 7.74. The zero-order valence-corrected chi connectivity index (χ0v) is 12.6. The van der Waals surface area contributed by atoms with E-state index >= 15 is 0 Å². The number of amides is 2. The van der Waals surface area contributed by atoms with Crippen LogP contribution in [-0.4, -0.2) is 17.6 Å². The SMILES string of the molecule is [N-]=[N+]=NC(=O)C(=O)Nc1ccc(Cl)cc1C(=O)c1ccccc1F. The van der Waals surface area contributed by atoms with Gasteiger partial charge < -0.3 is 5.32 Å². The topological polar surface area (TPSA) is 112 Å². The molecule has 1 N–H and O–H groups in total. The van der Waals surface area contributed by atoms with Gasteiger partial charge >= 0.3 is 5.91 Å². The maximum absolute atomic E-state index is 13.8. The van der Waals surface area contributed by atoms with E-state index in [1.165, 1.54) is 36.4 Å². The van der Waals surface area contributed by atoms with E-state index in [4.69, 9.17) is 17.1 Å². The van der Waals surface area contributed by atoms with E-state index in [1.807, 2.05) is 0 Å². The first kappa shape index (κ1) is 17.1. The Bertz CT molecular complexity index is 894. The summed E-state index contributed by atoms with van der Waals surface area (Å²) in [5, 5.41) is 4.96. The van der Waals surface area contributed by atoms with Gasteiger partial charge in [-0.2, -0.15) is 0 Å². The summed E-state index contributed by atoms with van der Waals surface area (Å²) < 4.78 is 13.8. The number of nitrogens with zero attached hydrogens (tertiary/aromatic N) is 3. The molecule has 0 fully saturated rings. The third-order valence-corrected chi connectivity index (χ3v) is 3.16. The lowest BCUT2D eigenvalue weighted by atomic mass is 10.0. The van der Waals surface area contributed by atoms with E-state index in [0.717, 1.165) is 6.07 Å². The lowest BCUT2D eigenvalue weighted by Crippen LogP contribution is -2.22. The molecular weight excluding hydrogens is 339 g/mol. The molecule has 2 aromatic rings. The largest absolute Gasteiger partial charge is 0.319 e. The molecule has 0 radical (unpaired) electrons. The Morgan fingerprint density at radius 1 is 1.12 bits per heavy atom. The van der Waals surface area contributed by atoms with Crippen LogP contribution in [-0.2, 0) is 9.59 Å². The number of hydrogen-bond donors (Lipinski definition) is 1. The molecule has 24 heavy (non-hydrogen) atoms. The van der Waals surface area contributed by atoms with Gasteiger partial charge in [0.05, 0.1) is 11.3 Å². The molecule has 0 aliphatic rings. The zero-order valence-electron chi connectivity index (χ0n) is 11.9. The fourth-order valence-electron chi connectivity index (χ4n) is 1.87. The molecule has 120 valence electrons. The normalized spacial score (nSPS) is 9.75. The van der Waals surface area contributed by atoms with Crippen molar-refractivity contribution in [1.29, 1.82) is 0 Å². The maximum atomic E-state index is 13.8. The Morgan fingerprint density at radius 3 is 2.50 bits per heavy atom. The summed E-state index contributed by atoms with van der Waals surface area (Å²) in [6.07, 6.45) is 0. The molecule has 2 aromatic carbocycles. The molecule has 0 aromatic heterocycles. The highest BCUT2D eigenvalue weighted by Gasteiger charge is 2.20. The van der Waals surface area contributed by atoms with Gasteiger partial charge in [-0.15, -0.1) is 0 Å². The third kappa shape index (κ3) is 3.75. The van der Waals surface area contributed by atoms with E-state index in [-0.39, 0.29) is 21.8 Å². The minimum atomic E-state index is -1.38. The lowest BCUT2D eigenvalue weighted by molar-refractivity contribution is -0.134. The van der Waals surface area contributed by atoms with Crippen LogP contribution in [0.2, 0.25) is 5.02 Å². The van der Waals surface area contributed by atoms with Crippen molar-refractivity contribution in [2.45, 2.75) is 0 Å². The summed E-state index contributed by atoms with van der Waals surface area (Å²) in [6.45, 7) is 0. The Morgan fingerprint density at radius 2 is 1.83 bits per heavy atom. The van der Waals surface area contributed by atoms with E-state index in [9.17, 15) is 18.8 Å². The average Bonchev–Trinajstić information content (AvgIpc) is 2.56. The summed E-state index contributed by atoms with van der Waals surface area (Å²) in [5.74, 6) is -4.10. The Hall–Kier alpha value is -3.22. The van der Waals surface area contributed by atoms with Crippen LogP contribution in [0, 0.1) is 5.82 Å². The quantitative estimate of drug-likeness (QED) is 0.302. The number of azide groups is 1. The van der Waals surface area contributed by atoms with E-state index in [2.05, 4.69) is 15.3 Å². The first-order valence-corrected chi connectivity index (χ1v) is 6.81. The lowest BCUT2D eigenvalue weighted by Gasteiger charge is -2.10. The molecule has 2 rings (SSSR count). The second-order valence-corrected chi connectivity index (χ2v) is 4.88. The molecule has 0 aliphatic carbocycles. The number of halogens is 2. The smallest absolute Gasteiger partial charge is 0.306 e. The fraction of sp³-hybridized carbons (Fsp3) is 0. The highest BCUT2D eigenvalue weighted by molar-refractivity contribution is 6.40. The van der Waals surface area contributed by atoms with Crippen LogP contribution in [0.1, 0.15) is 15.9 Å². The minimum absolute atomic E-state index is 0.0702. The maximum Gasteiger partial charge on any atom is 0.306 e. The number of anilines is 1. The molecule has 0 atom stereocenters. The molecule has 0 saturated carbocycles. The number of carbonyl (C=O) groups is 3. The van der Waals surface area contributed by atoms with Crippen molar-refractivity contribution in [2.75, 3.05) is 5.32 Å². The first-order valence-electron chi connectivity index (χ1n) is 6.43. The number of ketones is 1. The molecule has 2 amide bonds. The number of rotatable bonds is 3. The van der Waals surface area contributed by atoms with Crippen molar-refractivity contribution in [3.8, 4) is 0 Å². The van der Waals surface area contributed by atoms with Crippen LogP contribution in [0.25, 0.3) is 10.4 Å². The summed E-state index contributed by atoms with van der Waals surface area (Å²) in [4.78, 5) is 37.5. The highest BCUT2D eigenvalue weighted by Crippen LogP contribution is 2.24. The fourth-order valence-corrected chi connectivity index (χ4v) is 2.04. The van der Waals surface area contributed by atoms with Gasteiger partial charge in [-0.1, -0.05) is 23.7 Å². The predicted octanol–water partition coefficient (Wildman–Crippen LogP) is 3.49. The number of benzene rings is 2. The molecule has 0 spiro atoms. The summed E-state index contributed by atoms with van der Waals surface area (Å²) in [6, 6.07) is 9.15. The van der Waals surface area contributed by atoms with Crippen LogP contribution in [0.15, 0.2) is 47.6 Å². The van der Waals surface area contributed by atoms with Gasteiger partial charge in [0.25, 0.3) is 5.91 Å². The Balaban J connectivity index is 2.43. The predicted molar refractivity (Wildman–Crippen MR) is 84.1 cm³/mol. The van der Waals surface area contributed by atoms with Crippen LogP contribution in [0.3, 0.4) is 0 Å². The minimum Gasteiger partial charge on any atom is -0.319 e. The highest BCUT2D eigenvalue weighted by atomic mass is 35.5. The van der Waals surface area contributed by atoms with Crippen LogP contribution in [0.4, 0.5) is 10.1 Å². The Labute approximate surface area is 139 Å². The zero-order chi connectivity index (χ0) is 17.7. The molecule has 7 nitrogen and oxygen atoms in total. The van der Waals surface area contributed by atoms with Gasteiger partial charge in [0.15, 0.2) is 5.78 Å². The van der Waals surface area contributed by atoms with E-state index in [1.54, 1.807) is 0 Å². The standard InChI is InChI=1S/C15H8ClFN4O3/c16-8-5-6-12(19-14(23)15(24)20-21-18)10(7-8)13(22)9-3-1-2-4-11(9)17/h1-7H,(H,19,23). The van der Waals surface area contributed by atoms with Crippen molar-refractivity contribution < 1.29 is 18.8 Å². The number of nitrogens with one attached hydrogen (secondary N) is 1. The molecular formula is C15H8ClFN4O3.